The molecule has 0 heterocycles. The molecule has 0 aliphatic rings. The van der Waals surface area contributed by atoms with Crippen molar-refractivity contribution in [2.24, 2.45) is 0 Å². The van der Waals surface area contributed by atoms with Gasteiger partial charge in [-0.2, -0.15) is 0 Å². The Hall–Kier alpha value is -0.100. The summed E-state index contributed by atoms with van der Waals surface area (Å²) in [4.78, 5) is 11.3. The normalized spacial score (nSPS) is 9.93. The van der Waals surface area contributed by atoms with Crippen molar-refractivity contribution >= 4 is 50.1 Å². The van der Waals surface area contributed by atoms with Gasteiger partial charge in [-0.25, -0.2) is 0 Å². The molecule has 0 aliphatic heterocycles. The van der Waals surface area contributed by atoms with E-state index in [0.29, 0.717) is 6.42 Å². The predicted octanol–water partition coefficient (Wildman–Crippen LogP) is 3.79. The fourth-order valence-electron chi connectivity index (χ4n) is 1.03. The van der Waals surface area contributed by atoms with Crippen LogP contribution in [0.2, 0.25) is 0 Å². The second kappa shape index (κ2) is 5.70. The number of anilines is 1. The minimum atomic E-state index is 0.0650. The third kappa shape index (κ3) is 3.57. The van der Waals surface area contributed by atoms with E-state index in [0.717, 1.165) is 20.2 Å². The molecule has 0 fully saturated rings. The molecule has 0 spiro atoms. The van der Waals surface area contributed by atoms with Gasteiger partial charge in [0.2, 0.25) is 5.91 Å². The van der Waals surface area contributed by atoms with E-state index in [-0.39, 0.29) is 5.91 Å². The Morgan fingerprint density at radius 3 is 2.93 bits per heavy atom. The third-order valence-electron chi connectivity index (χ3n) is 1.68. The van der Waals surface area contributed by atoms with Crippen molar-refractivity contribution in [3.63, 3.8) is 0 Å². The monoisotopic (exact) mass is 367 g/mol. The summed E-state index contributed by atoms with van der Waals surface area (Å²) in [6.45, 7) is 1.99. The van der Waals surface area contributed by atoms with E-state index in [2.05, 4.69) is 43.8 Å². The molecule has 1 amide bonds. The van der Waals surface area contributed by atoms with Crippen LogP contribution >= 0.6 is 38.5 Å². The zero-order valence-electron chi connectivity index (χ0n) is 7.81. The fourth-order valence-corrected chi connectivity index (χ4v) is 1.87. The van der Waals surface area contributed by atoms with E-state index in [1.807, 2.05) is 25.1 Å². The first-order valence-corrected chi connectivity index (χ1v) is 6.25. The maximum absolute atomic E-state index is 11.3. The lowest BCUT2D eigenvalue weighted by molar-refractivity contribution is -0.116. The van der Waals surface area contributed by atoms with Gasteiger partial charge in [-0.3, -0.25) is 4.79 Å². The van der Waals surface area contributed by atoms with Crippen LogP contribution in [0.25, 0.3) is 0 Å². The Morgan fingerprint density at radius 2 is 2.29 bits per heavy atom. The van der Waals surface area contributed by atoms with Crippen molar-refractivity contribution in [3.05, 3.63) is 26.2 Å². The number of carbonyl (C=O) groups is 1. The number of amides is 1. The number of hydrogen-bond acceptors (Lipinski definition) is 1. The van der Waals surface area contributed by atoms with Crippen molar-refractivity contribution in [1.82, 2.24) is 0 Å². The first kappa shape index (κ1) is 12.0. The molecular formula is C10H11BrINO. The van der Waals surface area contributed by atoms with Crippen LogP contribution in [-0.2, 0) is 4.79 Å². The van der Waals surface area contributed by atoms with Gasteiger partial charge in [0.05, 0.1) is 5.69 Å². The van der Waals surface area contributed by atoms with Crippen LogP contribution in [0.15, 0.2) is 22.7 Å². The van der Waals surface area contributed by atoms with E-state index < -0.39 is 0 Å². The van der Waals surface area contributed by atoms with Crippen LogP contribution in [-0.4, -0.2) is 5.91 Å². The highest BCUT2D eigenvalue weighted by molar-refractivity contribution is 14.1. The lowest BCUT2D eigenvalue weighted by Gasteiger charge is -2.06. The number of rotatable bonds is 3. The Kier molecular flexibility index (Phi) is 4.88. The summed E-state index contributed by atoms with van der Waals surface area (Å²) in [5, 5.41) is 2.86. The average molecular weight is 368 g/mol. The molecule has 0 radical (unpaired) electrons. The SMILES string of the molecule is CCCC(=O)Nc1cc(I)ccc1Br. The van der Waals surface area contributed by atoms with E-state index in [9.17, 15) is 4.79 Å². The summed E-state index contributed by atoms with van der Waals surface area (Å²) < 4.78 is 2.03. The molecule has 76 valence electrons. The molecule has 0 saturated carbocycles. The quantitative estimate of drug-likeness (QED) is 0.809. The average Bonchev–Trinajstić information content (AvgIpc) is 2.12. The standard InChI is InChI=1S/C10H11BrINO/c1-2-3-10(14)13-9-6-7(12)4-5-8(9)11/h4-6H,2-3H2,1H3,(H,13,14). The fraction of sp³-hybridized carbons (Fsp3) is 0.300. The molecule has 0 unspecified atom stereocenters. The summed E-state index contributed by atoms with van der Waals surface area (Å²) in [5.41, 5.74) is 0.843. The van der Waals surface area contributed by atoms with Gasteiger partial charge >= 0.3 is 0 Å². The van der Waals surface area contributed by atoms with Crippen molar-refractivity contribution in [1.29, 1.82) is 0 Å². The van der Waals surface area contributed by atoms with Crippen LogP contribution in [0.4, 0.5) is 5.69 Å². The topological polar surface area (TPSA) is 29.1 Å². The maximum Gasteiger partial charge on any atom is 0.224 e. The summed E-state index contributed by atoms with van der Waals surface area (Å²) in [6, 6.07) is 5.86. The molecule has 1 aromatic rings. The summed E-state index contributed by atoms with van der Waals surface area (Å²) in [5.74, 6) is 0.0650. The Balaban J connectivity index is 2.75. The Labute approximate surface area is 106 Å². The molecule has 14 heavy (non-hydrogen) atoms. The molecule has 0 aliphatic carbocycles. The van der Waals surface area contributed by atoms with Gasteiger partial charge in [-0.1, -0.05) is 6.92 Å². The number of benzene rings is 1. The minimum Gasteiger partial charge on any atom is -0.325 e. The highest BCUT2D eigenvalue weighted by Crippen LogP contribution is 2.24. The molecule has 4 heteroatoms. The van der Waals surface area contributed by atoms with E-state index in [1.165, 1.54) is 0 Å². The minimum absolute atomic E-state index is 0.0650. The van der Waals surface area contributed by atoms with Gasteiger partial charge in [0.15, 0.2) is 0 Å². The first-order valence-electron chi connectivity index (χ1n) is 4.38. The molecule has 1 rings (SSSR count). The maximum atomic E-state index is 11.3. The molecular weight excluding hydrogens is 357 g/mol. The molecule has 0 aromatic heterocycles. The van der Waals surface area contributed by atoms with Crippen molar-refractivity contribution in [2.75, 3.05) is 5.32 Å². The number of carbonyl (C=O) groups excluding carboxylic acids is 1. The van der Waals surface area contributed by atoms with Crippen molar-refractivity contribution in [3.8, 4) is 0 Å². The van der Waals surface area contributed by atoms with Crippen molar-refractivity contribution < 1.29 is 4.79 Å². The zero-order valence-corrected chi connectivity index (χ0v) is 11.6. The van der Waals surface area contributed by atoms with Gasteiger partial charge in [0, 0.05) is 14.5 Å². The van der Waals surface area contributed by atoms with Gasteiger partial charge in [0.25, 0.3) is 0 Å². The number of nitrogens with one attached hydrogen (secondary N) is 1. The van der Waals surface area contributed by atoms with E-state index in [4.69, 9.17) is 0 Å². The number of hydrogen-bond donors (Lipinski definition) is 1. The Bertz CT molecular complexity index is 341. The molecule has 0 saturated heterocycles. The van der Waals surface area contributed by atoms with Crippen LogP contribution in [0.3, 0.4) is 0 Å². The Morgan fingerprint density at radius 1 is 1.57 bits per heavy atom. The third-order valence-corrected chi connectivity index (χ3v) is 3.04. The summed E-state index contributed by atoms with van der Waals surface area (Å²) in [7, 11) is 0. The van der Waals surface area contributed by atoms with E-state index >= 15 is 0 Å². The second-order valence-corrected chi connectivity index (χ2v) is 5.02. The van der Waals surface area contributed by atoms with Gasteiger partial charge in [-0.05, 0) is 63.1 Å². The van der Waals surface area contributed by atoms with Crippen LogP contribution in [0.5, 0.6) is 0 Å². The highest BCUT2D eigenvalue weighted by atomic mass is 127. The lowest BCUT2D eigenvalue weighted by Crippen LogP contribution is -2.11. The largest absolute Gasteiger partial charge is 0.325 e. The van der Waals surface area contributed by atoms with Gasteiger partial charge in [-0.15, -0.1) is 0 Å². The highest BCUT2D eigenvalue weighted by Gasteiger charge is 2.04. The molecule has 2 nitrogen and oxygen atoms in total. The number of halogens is 2. The summed E-state index contributed by atoms with van der Waals surface area (Å²) in [6.07, 6.45) is 1.44. The molecule has 0 bridgehead atoms. The lowest BCUT2D eigenvalue weighted by atomic mass is 10.3. The predicted molar refractivity (Wildman–Crippen MR) is 70.4 cm³/mol. The molecule has 1 aromatic carbocycles. The summed E-state index contributed by atoms with van der Waals surface area (Å²) >= 11 is 5.61. The van der Waals surface area contributed by atoms with Gasteiger partial charge in [0.1, 0.15) is 0 Å². The smallest absolute Gasteiger partial charge is 0.224 e. The zero-order chi connectivity index (χ0) is 10.6. The van der Waals surface area contributed by atoms with Crippen LogP contribution in [0.1, 0.15) is 19.8 Å². The van der Waals surface area contributed by atoms with Gasteiger partial charge < -0.3 is 5.32 Å². The van der Waals surface area contributed by atoms with Crippen LogP contribution < -0.4 is 5.32 Å². The first-order chi connectivity index (χ1) is 6.63. The van der Waals surface area contributed by atoms with Crippen molar-refractivity contribution in [2.45, 2.75) is 19.8 Å². The molecule has 0 atom stereocenters. The van der Waals surface area contributed by atoms with E-state index in [1.54, 1.807) is 0 Å². The molecule has 1 N–H and O–H groups in total. The van der Waals surface area contributed by atoms with Crippen LogP contribution in [0, 0.1) is 3.57 Å². The second-order valence-electron chi connectivity index (χ2n) is 2.92.